The van der Waals surface area contributed by atoms with Crippen LogP contribution >= 0.6 is 0 Å². The largest absolute Gasteiger partial charge is 0.494 e. The van der Waals surface area contributed by atoms with E-state index in [-0.39, 0.29) is 17.6 Å². The van der Waals surface area contributed by atoms with Crippen LogP contribution in [0.15, 0.2) is 18.2 Å². The van der Waals surface area contributed by atoms with Gasteiger partial charge in [-0.05, 0) is 24.5 Å². The van der Waals surface area contributed by atoms with E-state index in [0.29, 0.717) is 12.0 Å². The Morgan fingerprint density at radius 1 is 1.47 bits per heavy atom. The molecule has 3 N–H and O–H groups in total. The van der Waals surface area contributed by atoms with Crippen molar-refractivity contribution in [2.45, 2.75) is 38.6 Å². The summed E-state index contributed by atoms with van der Waals surface area (Å²) in [5, 5.41) is 0. The Balaban J connectivity index is 2.72. The van der Waals surface area contributed by atoms with Gasteiger partial charge in [0.1, 0.15) is 0 Å². The Morgan fingerprint density at radius 2 is 2.24 bits per heavy atom. The SMILES string of the molecule is CCCCC(Cc1cccc(OC)c1F)NN. The summed E-state index contributed by atoms with van der Waals surface area (Å²) in [7, 11) is 1.47. The summed E-state index contributed by atoms with van der Waals surface area (Å²) in [6.07, 6.45) is 3.72. The second kappa shape index (κ2) is 7.25. The molecule has 17 heavy (non-hydrogen) atoms. The van der Waals surface area contributed by atoms with Crippen LogP contribution < -0.4 is 16.0 Å². The van der Waals surface area contributed by atoms with Gasteiger partial charge in [0.25, 0.3) is 0 Å². The van der Waals surface area contributed by atoms with Gasteiger partial charge in [-0.25, -0.2) is 4.39 Å². The number of methoxy groups -OCH3 is 1. The van der Waals surface area contributed by atoms with Crippen molar-refractivity contribution in [2.24, 2.45) is 5.84 Å². The van der Waals surface area contributed by atoms with Crippen LogP contribution in [0.2, 0.25) is 0 Å². The van der Waals surface area contributed by atoms with E-state index in [2.05, 4.69) is 12.3 Å². The number of halogens is 1. The number of hydrogen-bond donors (Lipinski definition) is 2. The molecule has 0 aliphatic rings. The summed E-state index contributed by atoms with van der Waals surface area (Å²) in [5.74, 6) is 5.48. The second-order valence-corrected chi connectivity index (χ2v) is 4.14. The molecule has 0 heterocycles. The summed E-state index contributed by atoms with van der Waals surface area (Å²) in [6, 6.07) is 5.30. The minimum atomic E-state index is -0.285. The van der Waals surface area contributed by atoms with Crippen LogP contribution in [0.3, 0.4) is 0 Å². The van der Waals surface area contributed by atoms with Gasteiger partial charge in [-0.15, -0.1) is 0 Å². The highest BCUT2D eigenvalue weighted by Gasteiger charge is 2.13. The van der Waals surface area contributed by atoms with Crippen LogP contribution in [0.1, 0.15) is 31.7 Å². The quantitative estimate of drug-likeness (QED) is 0.568. The highest BCUT2D eigenvalue weighted by molar-refractivity contribution is 5.31. The number of hydrogen-bond acceptors (Lipinski definition) is 3. The maximum absolute atomic E-state index is 13.9. The smallest absolute Gasteiger partial charge is 0.168 e. The molecule has 0 radical (unpaired) electrons. The van der Waals surface area contributed by atoms with E-state index < -0.39 is 0 Å². The van der Waals surface area contributed by atoms with Crippen molar-refractivity contribution in [3.63, 3.8) is 0 Å². The maximum atomic E-state index is 13.9. The molecule has 96 valence electrons. The molecule has 0 fully saturated rings. The Morgan fingerprint density at radius 3 is 2.82 bits per heavy atom. The van der Waals surface area contributed by atoms with Crippen molar-refractivity contribution in [3.8, 4) is 5.75 Å². The van der Waals surface area contributed by atoms with Gasteiger partial charge in [0, 0.05) is 6.04 Å². The minimum Gasteiger partial charge on any atom is -0.494 e. The van der Waals surface area contributed by atoms with E-state index in [9.17, 15) is 4.39 Å². The number of ether oxygens (including phenoxy) is 1. The van der Waals surface area contributed by atoms with Crippen LogP contribution in [0, 0.1) is 5.82 Å². The van der Waals surface area contributed by atoms with Gasteiger partial charge in [-0.1, -0.05) is 31.9 Å². The summed E-state index contributed by atoms with van der Waals surface area (Å²) in [4.78, 5) is 0. The molecule has 0 aliphatic heterocycles. The monoisotopic (exact) mass is 240 g/mol. The van der Waals surface area contributed by atoms with Gasteiger partial charge >= 0.3 is 0 Å². The van der Waals surface area contributed by atoms with Crippen LogP contribution in [0.5, 0.6) is 5.75 Å². The Kier molecular flexibility index (Phi) is 5.94. The molecule has 0 bridgehead atoms. The first-order valence-electron chi connectivity index (χ1n) is 6.00. The van der Waals surface area contributed by atoms with Gasteiger partial charge in [0.15, 0.2) is 11.6 Å². The molecule has 0 aromatic heterocycles. The van der Waals surface area contributed by atoms with Crippen molar-refractivity contribution >= 4 is 0 Å². The molecule has 0 saturated heterocycles. The Bertz CT molecular complexity index is 344. The van der Waals surface area contributed by atoms with E-state index in [4.69, 9.17) is 10.6 Å². The molecule has 1 atom stereocenters. The lowest BCUT2D eigenvalue weighted by atomic mass is 10.0. The first-order valence-corrected chi connectivity index (χ1v) is 6.00. The zero-order valence-electron chi connectivity index (χ0n) is 10.5. The van der Waals surface area contributed by atoms with Crippen molar-refractivity contribution in [3.05, 3.63) is 29.6 Å². The summed E-state index contributed by atoms with van der Waals surface area (Å²) >= 11 is 0. The lowest BCUT2D eigenvalue weighted by molar-refractivity contribution is 0.381. The third kappa shape index (κ3) is 3.98. The highest BCUT2D eigenvalue weighted by Crippen LogP contribution is 2.21. The number of rotatable bonds is 7. The third-order valence-corrected chi connectivity index (χ3v) is 2.87. The summed E-state index contributed by atoms with van der Waals surface area (Å²) in [6.45, 7) is 2.12. The molecule has 0 saturated carbocycles. The topological polar surface area (TPSA) is 47.3 Å². The third-order valence-electron chi connectivity index (χ3n) is 2.87. The van der Waals surface area contributed by atoms with Gasteiger partial charge in [-0.3, -0.25) is 11.3 Å². The van der Waals surface area contributed by atoms with Crippen LogP contribution in [0.25, 0.3) is 0 Å². The number of benzene rings is 1. The number of nitrogens with one attached hydrogen (secondary N) is 1. The van der Waals surface area contributed by atoms with Crippen molar-refractivity contribution in [1.82, 2.24) is 5.43 Å². The van der Waals surface area contributed by atoms with Gasteiger partial charge in [-0.2, -0.15) is 0 Å². The Labute approximate surface area is 102 Å². The highest BCUT2D eigenvalue weighted by atomic mass is 19.1. The molecule has 1 aromatic rings. The number of hydrazine groups is 1. The average molecular weight is 240 g/mol. The van der Waals surface area contributed by atoms with Crippen molar-refractivity contribution < 1.29 is 9.13 Å². The fraction of sp³-hybridized carbons (Fsp3) is 0.538. The van der Waals surface area contributed by atoms with Gasteiger partial charge in [0.05, 0.1) is 7.11 Å². The molecular weight excluding hydrogens is 219 g/mol. The van der Waals surface area contributed by atoms with Crippen LogP contribution in [-0.2, 0) is 6.42 Å². The molecule has 1 unspecified atom stereocenters. The first kappa shape index (κ1) is 13.9. The van der Waals surface area contributed by atoms with Crippen LogP contribution in [-0.4, -0.2) is 13.2 Å². The fourth-order valence-electron chi connectivity index (χ4n) is 1.83. The zero-order chi connectivity index (χ0) is 12.7. The van der Waals surface area contributed by atoms with Gasteiger partial charge in [0.2, 0.25) is 0 Å². The Hall–Kier alpha value is -1.13. The molecule has 0 amide bonds. The second-order valence-electron chi connectivity index (χ2n) is 4.14. The van der Waals surface area contributed by atoms with E-state index in [0.717, 1.165) is 19.3 Å². The van der Waals surface area contributed by atoms with E-state index in [1.54, 1.807) is 18.2 Å². The number of unbranched alkanes of at least 4 members (excludes halogenated alkanes) is 1. The maximum Gasteiger partial charge on any atom is 0.168 e. The molecule has 1 rings (SSSR count). The fourth-order valence-corrected chi connectivity index (χ4v) is 1.83. The molecule has 4 heteroatoms. The molecule has 3 nitrogen and oxygen atoms in total. The minimum absolute atomic E-state index is 0.108. The number of nitrogens with two attached hydrogens (primary N) is 1. The molecule has 1 aromatic carbocycles. The van der Waals surface area contributed by atoms with E-state index >= 15 is 0 Å². The predicted molar refractivity (Wildman–Crippen MR) is 67.3 cm³/mol. The molecule has 0 aliphatic carbocycles. The first-order chi connectivity index (χ1) is 8.22. The van der Waals surface area contributed by atoms with Gasteiger partial charge < -0.3 is 4.74 Å². The van der Waals surface area contributed by atoms with Crippen molar-refractivity contribution in [2.75, 3.05) is 7.11 Å². The van der Waals surface area contributed by atoms with Crippen LogP contribution in [0.4, 0.5) is 4.39 Å². The van der Waals surface area contributed by atoms with E-state index in [1.807, 2.05) is 0 Å². The zero-order valence-corrected chi connectivity index (χ0v) is 10.5. The predicted octanol–water partition coefficient (Wildman–Crippen LogP) is 2.40. The standard InChI is InChI=1S/C13H21FN2O/c1-3-4-7-11(16-15)9-10-6-5-8-12(17-2)13(10)14/h5-6,8,11,16H,3-4,7,9,15H2,1-2H3. The molecular formula is C13H21FN2O. The summed E-state index contributed by atoms with van der Waals surface area (Å²) in [5.41, 5.74) is 3.38. The lowest BCUT2D eigenvalue weighted by Gasteiger charge is -2.16. The average Bonchev–Trinajstić information content (AvgIpc) is 2.36. The van der Waals surface area contributed by atoms with Crippen molar-refractivity contribution in [1.29, 1.82) is 0 Å². The summed E-state index contributed by atoms with van der Waals surface area (Å²) < 4.78 is 18.9. The normalized spacial score (nSPS) is 12.5. The molecule has 0 spiro atoms. The lowest BCUT2D eigenvalue weighted by Crippen LogP contribution is -2.36. The van der Waals surface area contributed by atoms with E-state index in [1.165, 1.54) is 7.11 Å².